The molecule has 20 heavy (non-hydrogen) atoms. The second-order valence-corrected chi connectivity index (χ2v) is 4.46. The first kappa shape index (κ1) is 13.8. The van der Waals surface area contributed by atoms with Crippen molar-refractivity contribution in [2.75, 3.05) is 5.73 Å². The lowest BCUT2D eigenvalue weighted by Gasteiger charge is -2.14. The molecule has 1 aromatic carbocycles. The molecule has 6 heteroatoms. The van der Waals surface area contributed by atoms with E-state index >= 15 is 0 Å². The Kier molecular flexibility index (Phi) is 3.84. The van der Waals surface area contributed by atoms with Crippen LogP contribution in [0.15, 0.2) is 30.3 Å². The van der Waals surface area contributed by atoms with Crippen LogP contribution in [0.3, 0.4) is 0 Å². The molecule has 0 aliphatic heterocycles. The molecule has 1 aromatic heterocycles. The van der Waals surface area contributed by atoms with E-state index in [0.717, 1.165) is 0 Å². The Bertz CT molecular complexity index is 641. The Morgan fingerprint density at radius 3 is 2.65 bits per heavy atom. The third-order valence-electron chi connectivity index (χ3n) is 2.49. The van der Waals surface area contributed by atoms with Gasteiger partial charge in [0.1, 0.15) is 5.75 Å². The summed E-state index contributed by atoms with van der Waals surface area (Å²) >= 11 is 0. The lowest BCUT2D eigenvalue weighted by Crippen LogP contribution is -2.08. The molecule has 3 N–H and O–H groups in total. The van der Waals surface area contributed by atoms with Crippen LogP contribution in [0.5, 0.6) is 5.75 Å². The van der Waals surface area contributed by atoms with Crippen LogP contribution in [0.25, 0.3) is 11.3 Å². The second kappa shape index (κ2) is 5.56. The zero-order chi connectivity index (χ0) is 14.7. The quantitative estimate of drug-likeness (QED) is 0.886. The van der Waals surface area contributed by atoms with Gasteiger partial charge < -0.3 is 15.6 Å². The largest absolute Gasteiger partial charge is 0.490 e. The lowest BCUT2D eigenvalue weighted by molar-refractivity contribution is 0.0690. The molecule has 0 spiro atoms. The van der Waals surface area contributed by atoms with Crippen LogP contribution >= 0.6 is 0 Å². The van der Waals surface area contributed by atoms with E-state index in [9.17, 15) is 4.79 Å². The Labute approximate surface area is 116 Å². The third-order valence-corrected chi connectivity index (χ3v) is 2.49. The molecule has 1 heterocycles. The van der Waals surface area contributed by atoms with Crippen molar-refractivity contribution in [3.63, 3.8) is 0 Å². The highest BCUT2D eigenvalue weighted by Gasteiger charge is 2.14. The molecule has 0 amide bonds. The summed E-state index contributed by atoms with van der Waals surface area (Å²) in [6, 6.07) is 8.63. The second-order valence-electron chi connectivity index (χ2n) is 4.46. The maximum Gasteiger partial charge on any atom is 0.354 e. The number of nitrogens with two attached hydrogens (primary N) is 1. The van der Waals surface area contributed by atoms with E-state index in [1.54, 1.807) is 12.1 Å². The number of carbonyl (C=O) groups is 1. The van der Waals surface area contributed by atoms with Crippen molar-refractivity contribution in [3.05, 3.63) is 36.0 Å². The molecule has 0 unspecified atom stereocenters. The van der Waals surface area contributed by atoms with Gasteiger partial charge in [-0.3, -0.25) is 0 Å². The maximum atomic E-state index is 11.0. The Morgan fingerprint density at radius 1 is 1.30 bits per heavy atom. The zero-order valence-corrected chi connectivity index (χ0v) is 11.2. The third kappa shape index (κ3) is 3.03. The van der Waals surface area contributed by atoms with Crippen molar-refractivity contribution in [2.45, 2.75) is 20.0 Å². The fourth-order valence-electron chi connectivity index (χ4n) is 1.75. The molecular formula is C14H15N3O3. The fraction of sp³-hybridized carbons (Fsp3) is 0.214. The molecular weight excluding hydrogens is 258 g/mol. The lowest BCUT2D eigenvalue weighted by atomic mass is 10.1. The smallest absolute Gasteiger partial charge is 0.354 e. The van der Waals surface area contributed by atoms with Gasteiger partial charge in [0.05, 0.1) is 11.8 Å². The number of ether oxygens (including phenoxy) is 1. The number of aromatic nitrogens is 2. The van der Waals surface area contributed by atoms with Gasteiger partial charge in [0.2, 0.25) is 5.95 Å². The van der Waals surface area contributed by atoms with Gasteiger partial charge in [0, 0.05) is 5.56 Å². The Balaban J connectivity index is 2.53. The number of hydrogen-bond donors (Lipinski definition) is 2. The minimum atomic E-state index is -1.15. The standard InChI is InChI=1S/C14H15N3O3/c1-8(2)20-12-6-4-3-5-9(12)10-7-11(13(18)19)17-14(15)16-10/h3-8H,1-2H3,(H,18,19)(H2,15,16,17). The maximum absolute atomic E-state index is 11.0. The summed E-state index contributed by atoms with van der Waals surface area (Å²) in [4.78, 5) is 18.8. The predicted octanol–water partition coefficient (Wildman–Crippen LogP) is 2.21. The SMILES string of the molecule is CC(C)Oc1ccccc1-c1cc(C(=O)O)nc(N)n1. The molecule has 0 bridgehead atoms. The van der Waals surface area contributed by atoms with E-state index < -0.39 is 5.97 Å². The van der Waals surface area contributed by atoms with Crippen LogP contribution in [0, 0.1) is 0 Å². The van der Waals surface area contributed by atoms with Gasteiger partial charge in [-0.2, -0.15) is 0 Å². The van der Waals surface area contributed by atoms with E-state index in [-0.39, 0.29) is 17.7 Å². The molecule has 6 nitrogen and oxygen atoms in total. The van der Waals surface area contributed by atoms with Crippen molar-refractivity contribution >= 4 is 11.9 Å². The Morgan fingerprint density at radius 2 is 2.00 bits per heavy atom. The molecule has 0 saturated carbocycles. The zero-order valence-electron chi connectivity index (χ0n) is 11.2. The van der Waals surface area contributed by atoms with Crippen LogP contribution in [0.1, 0.15) is 24.3 Å². The van der Waals surface area contributed by atoms with Gasteiger partial charge in [-0.1, -0.05) is 12.1 Å². The van der Waals surface area contributed by atoms with Gasteiger partial charge in [-0.25, -0.2) is 14.8 Å². The summed E-state index contributed by atoms with van der Waals surface area (Å²) in [6.45, 7) is 3.82. The predicted molar refractivity (Wildman–Crippen MR) is 74.6 cm³/mol. The average Bonchev–Trinajstić information content (AvgIpc) is 2.37. The molecule has 0 fully saturated rings. The van der Waals surface area contributed by atoms with E-state index in [0.29, 0.717) is 17.0 Å². The molecule has 104 valence electrons. The number of benzene rings is 1. The summed E-state index contributed by atoms with van der Waals surface area (Å²) in [7, 11) is 0. The highest BCUT2D eigenvalue weighted by molar-refractivity contribution is 5.87. The van der Waals surface area contributed by atoms with Crippen LogP contribution in [-0.2, 0) is 0 Å². The first-order chi connectivity index (χ1) is 9.47. The summed E-state index contributed by atoms with van der Waals surface area (Å²) < 4.78 is 5.69. The van der Waals surface area contributed by atoms with Gasteiger partial charge in [0.25, 0.3) is 0 Å². The summed E-state index contributed by atoms with van der Waals surface area (Å²) in [5.74, 6) is -0.612. The normalized spacial score (nSPS) is 10.6. The van der Waals surface area contributed by atoms with Crippen molar-refractivity contribution < 1.29 is 14.6 Å². The number of para-hydroxylation sites is 1. The number of aromatic carboxylic acids is 1. The van der Waals surface area contributed by atoms with Crippen molar-refractivity contribution in [1.82, 2.24) is 9.97 Å². The molecule has 0 aliphatic rings. The first-order valence-electron chi connectivity index (χ1n) is 6.11. The fourth-order valence-corrected chi connectivity index (χ4v) is 1.75. The van der Waals surface area contributed by atoms with E-state index in [4.69, 9.17) is 15.6 Å². The van der Waals surface area contributed by atoms with Crippen LogP contribution in [-0.4, -0.2) is 27.1 Å². The molecule has 0 radical (unpaired) electrons. The molecule has 0 saturated heterocycles. The van der Waals surface area contributed by atoms with Crippen molar-refractivity contribution in [1.29, 1.82) is 0 Å². The number of carboxylic acids is 1. The molecule has 0 aliphatic carbocycles. The van der Waals surface area contributed by atoms with E-state index in [1.165, 1.54) is 6.07 Å². The number of anilines is 1. The van der Waals surface area contributed by atoms with E-state index in [2.05, 4.69) is 9.97 Å². The molecule has 0 atom stereocenters. The molecule has 2 rings (SSSR count). The summed E-state index contributed by atoms with van der Waals surface area (Å²) in [5.41, 5.74) is 6.51. The van der Waals surface area contributed by atoms with Crippen LogP contribution < -0.4 is 10.5 Å². The van der Waals surface area contributed by atoms with Crippen LogP contribution in [0.2, 0.25) is 0 Å². The number of carboxylic acid groups (broad SMARTS) is 1. The highest BCUT2D eigenvalue weighted by atomic mass is 16.5. The van der Waals surface area contributed by atoms with Crippen LogP contribution in [0.4, 0.5) is 5.95 Å². The molecule has 2 aromatic rings. The van der Waals surface area contributed by atoms with Gasteiger partial charge in [-0.15, -0.1) is 0 Å². The number of nitrogens with zero attached hydrogens (tertiary/aromatic N) is 2. The Hall–Kier alpha value is -2.63. The van der Waals surface area contributed by atoms with Gasteiger partial charge >= 0.3 is 5.97 Å². The number of nitrogen functional groups attached to an aromatic ring is 1. The monoisotopic (exact) mass is 273 g/mol. The highest BCUT2D eigenvalue weighted by Crippen LogP contribution is 2.29. The van der Waals surface area contributed by atoms with Crippen molar-refractivity contribution in [2.24, 2.45) is 0 Å². The summed E-state index contributed by atoms with van der Waals surface area (Å²) in [6.07, 6.45) is -0.00530. The first-order valence-corrected chi connectivity index (χ1v) is 6.11. The minimum absolute atomic E-state index is 0.00530. The van der Waals surface area contributed by atoms with Gasteiger partial charge in [0.15, 0.2) is 5.69 Å². The number of hydrogen-bond acceptors (Lipinski definition) is 5. The summed E-state index contributed by atoms with van der Waals surface area (Å²) in [5, 5.41) is 9.02. The number of rotatable bonds is 4. The van der Waals surface area contributed by atoms with E-state index in [1.807, 2.05) is 26.0 Å². The van der Waals surface area contributed by atoms with Gasteiger partial charge in [-0.05, 0) is 32.0 Å². The minimum Gasteiger partial charge on any atom is -0.490 e. The average molecular weight is 273 g/mol. The van der Waals surface area contributed by atoms with Crippen molar-refractivity contribution in [3.8, 4) is 17.0 Å². The topological polar surface area (TPSA) is 98.3 Å².